The number of carbonyl (C=O) groups excluding carboxylic acids is 2. The van der Waals surface area contributed by atoms with Crippen LogP contribution in [0, 0.1) is 0 Å². The highest BCUT2D eigenvalue weighted by Crippen LogP contribution is 2.52. The number of halogens is 1. The Hall–Kier alpha value is -2.57. The number of rotatable bonds is 10. The van der Waals surface area contributed by atoms with Crippen LogP contribution in [0.25, 0.3) is 0 Å². The Balaban J connectivity index is 2.10. The smallest absolute Gasteiger partial charge is 0.330 e. The van der Waals surface area contributed by atoms with Crippen LogP contribution in [0.1, 0.15) is 57.6 Å². The van der Waals surface area contributed by atoms with Crippen LogP contribution < -0.4 is 0 Å². The summed E-state index contributed by atoms with van der Waals surface area (Å²) in [5, 5.41) is 0.145. The van der Waals surface area contributed by atoms with Crippen molar-refractivity contribution >= 4 is 46.0 Å². The Bertz CT molecular complexity index is 1110. The van der Waals surface area contributed by atoms with Crippen molar-refractivity contribution in [1.82, 2.24) is 0 Å². The van der Waals surface area contributed by atoms with Gasteiger partial charge in [-0.25, -0.2) is 9.79 Å². The molecule has 7 heteroatoms. The lowest BCUT2D eigenvalue weighted by Gasteiger charge is -2.35. The molecule has 0 unspecified atom stereocenters. The summed E-state index contributed by atoms with van der Waals surface area (Å²) in [7, 11) is 0. The van der Waals surface area contributed by atoms with E-state index in [0.29, 0.717) is 18.9 Å². The molecule has 0 saturated carbocycles. The van der Waals surface area contributed by atoms with Gasteiger partial charge >= 0.3 is 11.9 Å². The van der Waals surface area contributed by atoms with Crippen LogP contribution in [0.2, 0.25) is 0 Å². The molecule has 0 N–H and O–H groups in total. The summed E-state index contributed by atoms with van der Waals surface area (Å²) >= 11 is 8.67. The number of hydrogen-bond donors (Lipinski definition) is 0. The van der Waals surface area contributed by atoms with Crippen LogP contribution in [0.3, 0.4) is 0 Å². The first-order valence-electron chi connectivity index (χ1n) is 11.9. The minimum absolute atomic E-state index is 0.171. The minimum Gasteiger partial charge on any atom is -0.466 e. The molecular formula is C28H32ClNO4S. The maximum absolute atomic E-state index is 12.4. The highest BCUT2D eigenvalue weighted by molar-refractivity contribution is 8.14. The van der Waals surface area contributed by atoms with E-state index < -0.39 is 16.8 Å². The largest absolute Gasteiger partial charge is 0.466 e. The van der Waals surface area contributed by atoms with E-state index in [1.807, 2.05) is 36.4 Å². The molecule has 0 saturated heterocycles. The molecule has 0 radical (unpaired) electrons. The van der Waals surface area contributed by atoms with Gasteiger partial charge in [0, 0.05) is 17.4 Å². The molecule has 2 aromatic rings. The first-order valence-corrected chi connectivity index (χ1v) is 13.2. The van der Waals surface area contributed by atoms with Crippen LogP contribution in [0.15, 0.2) is 70.6 Å². The third kappa shape index (κ3) is 6.17. The lowest BCUT2D eigenvalue weighted by atomic mass is 9.75. The number of esters is 2. The molecular weight excluding hydrogens is 482 g/mol. The standard InChI is InChI=1S/C28H32ClNO4S/c1-5-33-25(31)16-15-24(29)28(18-17-26(32)34-6-2)21-12-8-9-13-22(21)30-27(28)35-23-14-10-7-11-20(23)19(3)4/h7-16,19,24H,5-6,17-18H2,1-4H3/b16-15-/t24-,28-/m0/s1. The number of benzene rings is 2. The Labute approximate surface area is 217 Å². The fourth-order valence-electron chi connectivity index (χ4n) is 4.24. The quantitative estimate of drug-likeness (QED) is 0.195. The number of hydrogen-bond acceptors (Lipinski definition) is 6. The molecule has 0 amide bonds. The number of allylic oxidation sites excluding steroid dienone is 1. The van der Waals surface area contributed by atoms with Crippen molar-refractivity contribution in [2.75, 3.05) is 13.2 Å². The Morgan fingerprint density at radius 3 is 2.46 bits per heavy atom. The average Bonchev–Trinajstić information content (AvgIpc) is 3.15. The van der Waals surface area contributed by atoms with E-state index in [9.17, 15) is 9.59 Å². The van der Waals surface area contributed by atoms with Gasteiger partial charge in [0.05, 0.1) is 34.7 Å². The second-order valence-electron chi connectivity index (χ2n) is 8.52. The molecule has 1 aliphatic heterocycles. The number of thioether (sulfide) groups is 1. The Morgan fingerprint density at radius 1 is 1.06 bits per heavy atom. The lowest BCUT2D eigenvalue weighted by Crippen LogP contribution is -2.40. The maximum atomic E-state index is 12.4. The topological polar surface area (TPSA) is 65.0 Å². The van der Waals surface area contributed by atoms with Gasteiger partial charge in [-0.1, -0.05) is 68.1 Å². The second kappa shape index (κ2) is 12.4. The molecule has 1 heterocycles. The predicted octanol–water partition coefficient (Wildman–Crippen LogP) is 6.95. The van der Waals surface area contributed by atoms with E-state index in [1.165, 1.54) is 11.6 Å². The van der Waals surface area contributed by atoms with Gasteiger partial charge in [-0.05, 0) is 49.4 Å². The van der Waals surface area contributed by atoms with Crippen molar-refractivity contribution in [2.24, 2.45) is 4.99 Å². The number of para-hydroxylation sites is 1. The van der Waals surface area contributed by atoms with Crippen LogP contribution in [-0.2, 0) is 24.5 Å². The zero-order valence-corrected chi connectivity index (χ0v) is 22.2. The van der Waals surface area contributed by atoms with E-state index in [2.05, 4.69) is 26.0 Å². The van der Waals surface area contributed by atoms with E-state index in [4.69, 9.17) is 26.1 Å². The minimum atomic E-state index is -0.817. The maximum Gasteiger partial charge on any atom is 0.330 e. The second-order valence-corrected chi connectivity index (χ2v) is 10.0. The molecule has 5 nitrogen and oxygen atoms in total. The van der Waals surface area contributed by atoms with Gasteiger partial charge < -0.3 is 9.47 Å². The van der Waals surface area contributed by atoms with Crippen LogP contribution in [-0.4, -0.2) is 35.6 Å². The summed E-state index contributed by atoms with van der Waals surface area (Å²) in [4.78, 5) is 30.6. The molecule has 0 spiro atoms. The monoisotopic (exact) mass is 513 g/mol. The zero-order chi connectivity index (χ0) is 25.4. The molecule has 0 aromatic heterocycles. The van der Waals surface area contributed by atoms with Gasteiger partial charge in [-0.3, -0.25) is 4.79 Å². The van der Waals surface area contributed by atoms with Crippen LogP contribution >= 0.6 is 23.4 Å². The first-order chi connectivity index (χ1) is 16.8. The molecule has 0 aliphatic carbocycles. The summed E-state index contributed by atoms with van der Waals surface area (Å²) < 4.78 is 10.3. The van der Waals surface area contributed by atoms with Crippen molar-refractivity contribution in [2.45, 2.75) is 62.1 Å². The highest BCUT2D eigenvalue weighted by Gasteiger charge is 2.48. The Morgan fingerprint density at radius 2 is 1.74 bits per heavy atom. The number of fused-ring (bicyclic) bond motifs is 1. The molecule has 2 atom stereocenters. The third-order valence-corrected chi connectivity index (χ3v) is 7.68. The highest BCUT2D eigenvalue weighted by atomic mass is 35.5. The van der Waals surface area contributed by atoms with Crippen LogP contribution in [0.5, 0.6) is 0 Å². The van der Waals surface area contributed by atoms with E-state index in [-0.39, 0.29) is 19.0 Å². The number of ether oxygens (including phenoxy) is 2. The van der Waals surface area contributed by atoms with Gasteiger partial charge in [-0.2, -0.15) is 0 Å². The molecule has 0 fully saturated rings. The summed E-state index contributed by atoms with van der Waals surface area (Å²) in [6, 6.07) is 16.1. The van der Waals surface area contributed by atoms with Crippen molar-refractivity contribution < 1.29 is 19.1 Å². The fraction of sp³-hybridized carbons (Fsp3) is 0.393. The SMILES string of the molecule is CCOC(=O)/C=C\[C@H](Cl)[C@@]1(CCC(=O)OCC)C(Sc2ccccc2C(C)C)=Nc2ccccc21. The van der Waals surface area contributed by atoms with E-state index >= 15 is 0 Å². The van der Waals surface area contributed by atoms with E-state index in [1.54, 1.807) is 31.7 Å². The van der Waals surface area contributed by atoms with Crippen molar-refractivity contribution in [3.63, 3.8) is 0 Å². The van der Waals surface area contributed by atoms with Gasteiger partial charge in [0.15, 0.2) is 0 Å². The van der Waals surface area contributed by atoms with Gasteiger partial charge in [0.2, 0.25) is 0 Å². The first kappa shape index (κ1) is 27.0. The molecule has 0 bridgehead atoms. The normalized spacial score (nSPS) is 17.8. The fourth-order valence-corrected chi connectivity index (χ4v) is 6.15. The van der Waals surface area contributed by atoms with Crippen LogP contribution in [0.4, 0.5) is 5.69 Å². The van der Waals surface area contributed by atoms with Crippen molar-refractivity contribution in [3.05, 3.63) is 71.8 Å². The summed E-state index contributed by atoms with van der Waals surface area (Å²) in [6.07, 6.45) is 3.57. The number of aliphatic imine (C=N–C) groups is 1. The predicted molar refractivity (Wildman–Crippen MR) is 143 cm³/mol. The summed E-state index contributed by atoms with van der Waals surface area (Å²) in [5.41, 5.74) is 2.14. The summed E-state index contributed by atoms with van der Waals surface area (Å²) in [5.74, 6) is -0.421. The summed E-state index contributed by atoms with van der Waals surface area (Å²) in [6.45, 7) is 8.45. The number of nitrogens with zero attached hydrogens (tertiary/aromatic N) is 1. The number of alkyl halides is 1. The molecule has 35 heavy (non-hydrogen) atoms. The molecule has 2 aromatic carbocycles. The van der Waals surface area contributed by atoms with Gasteiger partial charge in [0.1, 0.15) is 0 Å². The number of carbonyl (C=O) groups is 2. The molecule has 1 aliphatic rings. The van der Waals surface area contributed by atoms with E-state index in [0.717, 1.165) is 21.2 Å². The average molecular weight is 514 g/mol. The molecule has 186 valence electrons. The lowest BCUT2D eigenvalue weighted by molar-refractivity contribution is -0.143. The third-order valence-electron chi connectivity index (χ3n) is 5.92. The molecule has 3 rings (SSSR count). The zero-order valence-electron chi connectivity index (χ0n) is 20.6. The van der Waals surface area contributed by atoms with Crippen molar-refractivity contribution in [1.29, 1.82) is 0 Å². The van der Waals surface area contributed by atoms with Gasteiger partial charge in [0.25, 0.3) is 0 Å². The van der Waals surface area contributed by atoms with Crippen molar-refractivity contribution in [3.8, 4) is 0 Å². The van der Waals surface area contributed by atoms with Gasteiger partial charge in [-0.15, -0.1) is 11.6 Å². The Kier molecular flexibility index (Phi) is 9.58.